The molecule has 2 aromatic heterocycles. The van der Waals surface area contributed by atoms with Gasteiger partial charge in [-0.05, 0) is 24.6 Å². The molecule has 7 heteroatoms. The van der Waals surface area contributed by atoms with Gasteiger partial charge in [0, 0.05) is 24.7 Å². The second-order valence-corrected chi connectivity index (χ2v) is 5.00. The standard InChI is InChI=1S/C15H15ClN4O2/c1-3-20-13-10(5-4-6-17-13)15(21)19-12-9(8-16)7-11(22-2)18-14(12)20/h4-7H,3,8H2,1-2H3,(H,19,21). The summed E-state index contributed by atoms with van der Waals surface area (Å²) in [5.74, 6) is 1.62. The third-order valence-corrected chi connectivity index (χ3v) is 3.80. The molecule has 1 aliphatic heterocycles. The van der Waals surface area contributed by atoms with E-state index in [-0.39, 0.29) is 11.8 Å². The van der Waals surface area contributed by atoms with Crippen molar-refractivity contribution in [2.24, 2.45) is 0 Å². The molecule has 1 amide bonds. The third kappa shape index (κ3) is 2.25. The minimum absolute atomic E-state index is 0.223. The summed E-state index contributed by atoms with van der Waals surface area (Å²) in [6.45, 7) is 2.58. The SMILES string of the molecule is CCN1c2ncccc2C(=O)Nc2c(CCl)cc(OC)nc21. The second kappa shape index (κ2) is 5.81. The molecule has 2 aromatic rings. The minimum Gasteiger partial charge on any atom is -0.481 e. The molecule has 0 atom stereocenters. The molecule has 1 N–H and O–H groups in total. The van der Waals surface area contributed by atoms with E-state index in [2.05, 4.69) is 15.3 Å². The molecule has 0 spiro atoms. The van der Waals surface area contributed by atoms with Gasteiger partial charge in [0.25, 0.3) is 5.91 Å². The average Bonchev–Trinajstić information content (AvgIpc) is 2.68. The number of aromatic nitrogens is 2. The Bertz CT molecular complexity index is 735. The zero-order valence-electron chi connectivity index (χ0n) is 12.3. The summed E-state index contributed by atoms with van der Waals surface area (Å²) in [7, 11) is 1.55. The number of alkyl halides is 1. The van der Waals surface area contributed by atoms with E-state index in [1.54, 1.807) is 31.5 Å². The molecule has 0 unspecified atom stereocenters. The first-order chi connectivity index (χ1) is 10.7. The normalized spacial score (nSPS) is 13.0. The fraction of sp³-hybridized carbons (Fsp3) is 0.267. The van der Waals surface area contributed by atoms with Gasteiger partial charge in [-0.25, -0.2) is 4.98 Å². The van der Waals surface area contributed by atoms with E-state index >= 15 is 0 Å². The average molecular weight is 319 g/mol. The Labute approximate surface area is 133 Å². The van der Waals surface area contributed by atoms with E-state index in [9.17, 15) is 4.79 Å². The van der Waals surface area contributed by atoms with Gasteiger partial charge in [-0.3, -0.25) is 4.79 Å². The van der Waals surface area contributed by atoms with Crippen LogP contribution < -0.4 is 15.0 Å². The number of amides is 1. The fourth-order valence-electron chi connectivity index (χ4n) is 2.47. The lowest BCUT2D eigenvalue weighted by molar-refractivity contribution is 0.102. The Morgan fingerprint density at radius 2 is 2.23 bits per heavy atom. The molecule has 0 saturated heterocycles. The number of hydrogen-bond acceptors (Lipinski definition) is 5. The van der Waals surface area contributed by atoms with Crippen molar-refractivity contribution in [2.75, 3.05) is 23.9 Å². The molecule has 3 rings (SSSR count). The quantitative estimate of drug-likeness (QED) is 0.881. The number of fused-ring (bicyclic) bond motifs is 2. The Kier molecular flexibility index (Phi) is 3.85. The van der Waals surface area contributed by atoms with Crippen LogP contribution in [-0.4, -0.2) is 29.5 Å². The van der Waals surface area contributed by atoms with Crippen molar-refractivity contribution in [1.82, 2.24) is 9.97 Å². The number of hydrogen-bond donors (Lipinski definition) is 1. The molecule has 22 heavy (non-hydrogen) atoms. The lowest BCUT2D eigenvalue weighted by Crippen LogP contribution is -2.20. The molecule has 0 fully saturated rings. The van der Waals surface area contributed by atoms with Crippen LogP contribution in [0.15, 0.2) is 24.4 Å². The van der Waals surface area contributed by atoms with Crippen molar-refractivity contribution < 1.29 is 9.53 Å². The number of anilines is 3. The maximum atomic E-state index is 12.5. The summed E-state index contributed by atoms with van der Waals surface area (Å²) in [4.78, 5) is 23.2. The Morgan fingerprint density at radius 1 is 1.41 bits per heavy atom. The number of methoxy groups -OCH3 is 1. The van der Waals surface area contributed by atoms with Gasteiger partial charge in [0.05, 0.1) is 18.4 Å². The molecule has 0 aliphatic carbocycles. The number of nitrogens with zero attached hydrogens (tertiary/aromatic N) is 3. The van der Waals surface area contributed by atoms with Crippen molar-refractivity contribution >= 4 is 34.8 Å². The number of nitrogens with one attached hydrogen (secondary N) is 1. The number of ether oxygens (including phenoxy) is 1. The van der Waals surface area contributed by atoms with Crippen LogP contribution in [-0.2, 0) is 5.88 Å². The van der Waals surface area contributed by atoms with Gasteiger partial charge in [-0.1, -0.05) is 0 Å². The number of carbonyl (C=O) groups excluding carboxylic acids is 1. The first-order valence-corrected chi connectivity index (χ1v) is 7.40. The highest BCUT2D eigenvalue weighted by Gasteiger charge is 2.28. The predicted octanol–water partition coefficient (Wildman–Crippen LogP) is 2.95. The van der Waals surface area contributed by atoms with Crippen molar-refractivity contribution in [1.29, 1.82) is 0 Å². The van der Waals surface area contributed by atoms with E-state index < -0.39 is 0 Å². The summed E-state index contributed by atoms with van der Waals surface area (Å²) >= 11 is 6.03. The Morgan fingerprint density at radius 3 is 2.91 bits per heavy atom. The van der Waals surface area contributed by atoms with Crippen LogP contribution in [0, 0.1) is 0 Å². The Balaban J connectivity index is 2.29. The fourth-order valence-corrected chi connectivity index (χ4v) is 2.68. The van der Waals surface area contributed by atoms with Gasteiger partial charge in [-0.15, -0.1) is 11.6 Å². The molecule has 0 saturated carbocycles. The highest BCUT2D eigenvalue weighted by atomic mass is 35.5. The van der Waals surface area contributed by atoms with Gasteiger partial charge in [0.15, 0.2) is 5.82 Å². The summed E-state index contributed by atoms with van der Waals surface area (Å²) in [6.07, 6.45) is 1.66. The third-order valence-electron chi connectivity index (χ3n) is 3.51. The van der Waals surface area contributed by atoms with Crippen LogP contribution in [0.1, 0.15) is 22.8 Å². The monoisotopic (exact) mass is 318 g/mol. The van der Waals surface area contributed by atoms with Crippen LogP contribution in [0.5, 0.6) is 5.88 Å². The summed E-state index contributed by atoms with van der Waals surface area (Å²) < 4.78 is 5.24. The maximum Gasteiger partial charge on any atom is 0.259 e. The number of halogens is 1. The largest absolute Gasteiger partial charge is 0.481 e. The smallest absolute Gasteiger partial charge is 0.259 e. The summed E-state index contributed by atoms with van der Waals surface area (Å²) in [6, 6.07) is 5.20. The lowest BCUT2D eigenvalue weighted by atomic mass is 10.2. The van der Waals surface area contributed by atoms with Gasteiger partial charge >= 0.3 is 0 Å². The highest BCUT2D eigenvalue weighted by Crippen LogP contribution is 2.39. The molecule has 6 nitrogen and oxygen atoms in total. The zero-order chi connectivity index (χ0) is 15.7. The molecule has 3 heterocycles. The highest BCUT2D eigenvalue weighted by molar-refractivity contribution is 6.18. The van der Waals surface area contributed by atoms with Crippen LogP contribution in [0.2, 0.25) is 0 Å². The van der Waals surface area contributed by atoms with Crippen LogP contribution >= 0.6 is 11.6 Å². The molecule has 1 aliphatic rings. The number of carbonyl (C=O) groups is 1. The summed E-state index contributed by atoms with van der Waals surface area (Å²) in [5.41, 5.74) is 1.85. The van der Waals surface area contributed by atoms with Crippen molar-refractivity contribution in [3.8, 4) is 5.88 Å². The van der Waals surface area contributed by atoms with Gasteiger partial charge in [0.1, 0.15) is 5.82 Å². The Hall–Kier alpha value is -2.34. The predicted molar refractivity (Wildman–Crippen MR) is 85.2 cm³/mol. The zero-order valence-corrected chi connectivity index (χ0v) is 13.0. The number of pyridine rings is 2. The van der Waals surface area contributed by atoms with Gasteiger partial charge in [-0.2, -0.15) is 4.98 Å². The molecule has 0 bridgehead atoms. The van der Waals surface area contributed by atoms with Crippen LogP contribution in [0.3, 0.4) is 0 Å². The molecular weight excluding hydrogens is 304 g/mol. The first kappa shape index (κ1) is 14.6. The lowest BCUT2D eigenvalue weighted by Gasteiger charge is -2.23. The van der Waals surface area contributed by atoms with E-state index in [4.69, 9.17) is 16.3 Å². The second-order valence-electron chi connectivity index (χ2n) is 4.73. The molecule has 114 valence electrons. The molecular formula is C15H15ClN4O2. The summed E-state index contributed by atoms with van der Waals surface area (Å²) in [5, 5.41) is 2.89. The van der Waals surface area contributed by atoms with E-state index in [1.807, 2.05) is 11.8 Å². The van der Waals surface area contributed by atoms with Gasteiger partial charge in [0.2, 0.25) is 5.88 Å². The van der Waals surface area contributed by atoms with E-state index in [0.717, 1.165) is 5.56 Å². The first-order valence-electron chi connectivity index (χ1n) is 6.87. The van der Waals surface area contributed by atoms with Crippen molar-refractivity contribution in [3.63, 3.8) is 0 Å². The van der Waals surface area contributed by atoms with Crippen LogP contribution in [0.25, 0.3) is 0 Å². The topological polar surface area (TPSA) is 67.4 Å². The molecule has 0 aromatic carbocycles. The maximum absolute atomic E-state index is 12.5. The molecule has 0 radical (unpaired) electrons. The van der Waals surface area contributed by atoms with Crippen molar-refractivity contribution in [2.45, 2.75) is 12.8 Å². The van der Waals surface area contributed by atoms with E-state index in [1.165, 1.54) is 0 Å². The van der Waals surface area contributed by atoms with Crippen molar-refractivity contribution in [3.05, 3.63) is 35.5 Å². The van der Waals surface area contributed by atoms with Gasteiger partial charge < -0.3 is 15.0 Å². The van der Waals surface area contributed by atoms with Crippen LogP contribution in [0.4, 0.5) is 17.3 Å². The minimum atomic E-state index is -0.223. The van der Waals surface area contributed by atoms with E-state index in [0.29, 0.717) is 35.3 Å². The number of rotatable bonds is 3.